The molecule has 0 saturated carbocycles. The number of hydrogen-bond acceptors (Lipinski definition) is 7. The van der Waals surface area contributed by atoms with Crippen LogP contribution in [0.15, 0.2) is 49.2 Å². The molecular weight excluding hydrogens is 432 g/mol. The average molecular weight is 457 g/mol. The van der Waals surface area contributed by atoms with E-state index in [1.807, 2.05) is 48.7 Å². The number of pyridine rings is 2. The molecule has 172 valence electrons. The zero-order chi connectivity index (χ0) is 23.7. The SMILES string of the molecule is COCC(=O)N1CCN(c2ccc(-c3cc(-c4cnn(C)c4)cn4ncc(C#N)c34)cn2)CC1. The molecule has 10 nitrogen and oxygen atoms in total. The molecule has 34 heavy (non-hydrogen) atoms. The molecule has 0 N–H and O–H groups in total. The molecule has 0 spiro atoms. The summed E-state index contributed by atoms with van der Waals surface area (Å²) < 4.78 is 8.44. The molecule has 5 rings (SSSR count). The van der Waals surface area contributed by atoms with Crippen molar-refractivity contribution in [3.63, 3.8) is 0 Å². The van der Waals surface area contributed by atoms with Crippen molar-refractivity contribution in [1.29, 1.82) is 5.26 Å². The molecule has 4 aromatic heterocycles. The van der Waals surface area contributed by atoms with Gasteiger partial charge in [0.1, 0.15) is 18.5 Å². The third kappa shape index (κ3) is 3.97. The number of fused-ring (bicyclic) bond motifs is 1. The first-order valence-corrected chi connectivity index (χ1v) is 11.0. The monoisotopic (exact) mass is 456 g/mol. The van der Waals surface area contributed by atoms with Gasteiger partial charge in [-0.1, -0.05) is 0 Å². The first kappa shape index (κ1) is 21.6. The number of aryl methyl sites for hydroxylation is 1. The number of carbonyl (C=O) groups is 1. The summed E-state index contributed by atoms with van der Waals surface area (Å²) in [4.78, 5) is 20.7. The normalized spacial score (nSPS) is 13.9. The van der Waals surface area contributed by atoms with Gasteiger partial charge in [-0.15, -0.1) is 0 Å². The highest BCUT2D eigenvalue weighted by molar-refractivity contribution is 5.87. The predicted octanol–water partition coefficient (Wildman–Crippen LogP) is 1.96. The van der Waals surface area contributed by atoms with Gasteiger partial charge in [-0.25, -0.2) is 9.50 Å². The van der Waals surface area contributed by atoms with Crippen LogP contribution in [-0.2, 0) is 16.6 Å². The average Bonchev–Trinajstić information content (AvgIpc) is 3.50. The quantitative estimate of drug-likeness (QED) is 0.452. The molecule has 0 aliphatic carbocycles. The van der Waals surface area contributed by atoms with Crippen molar-refractivity contribution in [2.75, 3.05) is 44.8 Å². The van der Waals surface area contributed by atoms with Gasteiger partial charge < -0.3 is 14.5 Å². The summed E-state index contributed by atoms with van der Waals surface area (Å²) in [6.07, 6.45) is 9.06. The molecule has 1 amide bonds. The third-order valence-corrected chi connectivity index (χ3v) is 6.05. The summed E-state index contributed by atoms with van der Waals surface area (Å²) in [6, 6.07) is 8.29. The second kappa shape index (κ2) is 8.96. The molecule has 1 saturated heterocycles. The summed E-state index contributed by atoms with van der Waals surface area (Å²) in [7, 11) is 3.41. The highest BCUT2D eigenvalue weighted by Gasteiger charge is 2.22. The number of anilines is 1. The number of hydrogen-bond donors (Lipinski definition) is 0. The van der Waals surface area contributed by atoms with Gasteiger partial charge in [-0.2, -0.15) is 15.5 Å². The summed E-state index contributed by atoms with van der Waals surface area (Å²) in [5, 5.41) is 18.3. The Labute approximate surface area is 196 Å². The van der Waals surface area contributed by atoms with Crippen LogP contribution in [0.3, 0.4) is 0 Å². The van der Waals surface area contributed by atoms with Gasteiger partial charge >= 0.3 is 0 Å². The van der Waals surface area contributed by atoms with Crippen LogP contribution < -0.4 is 4.90 Å². The summed E-state index contributed by atoms with van der Waals surface area (Å²) in [5.74, 6) is 0.869. The van der Waals surface area contributed by atoms with Crippen molar-refractivity contribution in [1.82, 2.24) is 29.3 Å². The minimum absolute atomic E-state index is 0.0112. The lowest BCUT2D eigenvalue weighted by Gasteiger charge is -2.35. The van der Waals surface area contributed by atoms with Crippen LogP contribution in [0.5, 0.6) is 0 Å². The van der Waals surface area contributed by atoms with Gasteiger partial charge in [0.15, 0.2) is 0 Å². The standard InChI is InChI=1S/C24H24N8O2/c1-29-14-20(13-27-29)18-9-21(24-19(10-25)12-28-32(24)15-18)17-3-4-22(26-11-17)30-5-7-31(8-6-30)23(33)16-34-2/h3-4,9,11-15H,5-8,16H2,1-2H3. The van der Waals surface area contributed by atoms with E-state index in [-0.39, 0.29) is 12.5 Å². The Hall–Kier alpha value is -4.23. The van der Waals surface area contributed by atoms with E-state index >= 15 is 0 Å². The molecule has 1 fully saturated rings. The topological polar surface area (TPSA) is 105 Å². The third-order valence-electron chi connectivity index (χ3n) is 6.05. The predicted molar refractivity (Wildman–Crippen MR) is 126 cm³/mol. The fourth-order valence-corrected chi connectivity index (χ4v) is 4.28. The van der Waals surface area contributed by atoms with Crippen LogP contribution in [0.1, 0.15) is 5.56 Å². The molecule has 0 unspecified atom stereocenters. The van der Waals surface area contributed by atoms with E-state index in [1.165, 1.54) is 7.11 Å². The van der Waals surface area contributed by atoms with E-state index in [0.717, 1.165) is 33.6 Å². The molecule has 5 heterocycles. The Morgan fingerprint density at radius 1 is 1.06 bits per heavy atom. The second-order valence-electron chi connectivity index (χ2n) is 8.21. The number of ether oxygens (including phenoxy) is 1. The molecule has 1 aliphatic rings. The van der Waals surface area contributed by atoms with Crippen LogP contribution in [0, 0.1) is 11.3 Å². The van der Waals surface area contributed by atoms with Crippen LogP contribution in [-0.4, -0.2) is 75.1 Å². The molecule has 0 bridgehead atoms. The smallest absolute Gasteiger partial charge is 0.248 e. The van der Waals surface area contributed by atoms with Crippen molar-refractivity contribution in [3.05, 3.63) is 54.7 Å². The first-order valence-electron chi connectivity index (χ1n) is 11.0. The molecule has 1 aliphatic heterocycles. The highest BCUT2D eigenvalue weighted by Crippen LogP contribution is 2.32. The van der Waals surface area contributed by atoms with Crippen molar-refractivity contribution in [3.8, 4) is 28.3 Å². The van der Waals surface area contributed by atoms with Gasteiger partial charge in [0.25, 0.3) is 0 Å². The molecule has 4 aromatic rings. The van der Waals surface area contributed by atoms with Crippen molar-refractivity contribution in [2.24, 2.45) is 7.05 Å². The molecule has 0 aromatic carbocycles. The molecule has 0 atom stereocenters. The maximum absolute atomic E-state index is 12.0. The van der Waals surface area contributed by atoms with Crippen molar-refractivity contribution >= 4 is 17.2 Å². The Kier molecular flexibility index (Phi) is 5.69. The largest absolute Gasteiger partial charge is 0.375 e. The maximum Gasteiger partial charge on any atom is 0.248 e. The minimum Gasteiger partial charge on any atom is -0.375 e. The van der Waals surface area contributed by atoms with Crippen LogP contribution in [0.2, 0.25) is 0 Å². The molecular formula is C24H24N8O2. The van der Waals surface area contributed by atoms with E-state index < -0.39 is 0 Å². The summed E-state index contributed by atoms with van der Waals surface area (Å²) in [5.41, 5.74) is 4.94. The number of nitriles is 1. The molecule has 10 heteroatoms. The van der Waals surface area contributed by atoms with Gasteiger partial charge in [0.2, 0.25) is 5.91 Å². The fourth-order valence-electron chi connectivity index (χ4n) is 4.28. The first-order chi connectivity index (χ1) is 16.6. The highest BCUT2D eigenvalue weighted by atomic mass is 16.5. The number of nitrogens with zero attached hydrogens (tertiary/aromatic N) is 8. The van der Waals surface area contributed by atoms with Crippen LogP contribution in [0.4, 0.5) is 5.82 Å². The lowest BCUT2D eigenvalue weighted by molar-refractivity contribution is -0.135. The van der Waals surface area contributed by atoms with Crippen LogP contribution in [0.25, 0.3) is 27.8 Å². The minimum atomic E-state index is 0.0112. The summed E-state index contributed by atoms with van der Waals surface area (Å²) >= 11 is 0. The Bertz CT molecular complexity index is 1370. The van der Waals surface area contributed by atoms with E-state index in [9.17, 15) is 10.1 Å². The fraction of sp³-hybridized carbons (Fsp3) is 0.292. The maximum atomic E-state index is 12.0. The summed E-state index contributed by atoms with van der Waals surface area (Å²) in [6.45, 7) is 2.81. The zero-order valence-corrected chi connectivity index (χ0v) is 19.0. The van der Waals surface area contributed by atoms with E-state index in [4.69, 9.17) is 9.72 Å². The van der Waals surface area contributed by atoms with E-state index in [2.05, 4.69) is 21.2 Å². The molecule has 0 radical (unpaired) electrons. The Morgan fingerprint density at radius 2 is 1.88 bits per heavy atom. The Morgan fingerprint density at radius 3 is 2.53 bits per heavy atom. The number of carbonyl (C=O) groups excluding carboxylic acids is 1. The van der Waals surface area contributed by atoms with Gasteiger partial charge in [0, 0.05) is 81.2 Å². The number of aromatic nitrogens is 5. The van der Waals surface area contributed by atoms with Gasteiger partial charge in [-0.05, 0) is 18.2 Å². The van der Waals surface area contributed by atoms with E-state index in [1.54, 1.807) is 21.6 Å². The Balaban J connectivity index is 1.44. The zero-order valence-electron chi connectivity index (χ0n) is 19.0. The number of rotatable bonds is 5. The second-order valence-corrected chi connectivity index (χ2v) is 8.21. The van der Waals surface area contributed by atoms with E-state index in [0.29, 0.717) is 31.7 Å². The van der Waals surface area contributed by atoms with Crippen molar-refractivity contribution in [2.45, 2.75) is 0 Å². The number of piperazine rings is 1. The van der Waals surface area contributed by atoms with Gasteiger partial charge in [-0.3, -0.25) is 9.48 Å². The van der Waals surface area contributed by atoms with Crippen molar-refractivity contribution < 1.29 is 9.53 Å². The lowest BCUT2D eigenvalue weighted by atomic mass is 10.0. The number of amides is 1. The lowest BCUT2D eigenvalue weighted by Crippen LogP contribution is -2.49. The number of methoxy groups -OCH3 is 1. The van der Waals surface area contributed by atoms with Gasteiger partial charge in [0.05, 0.1) is 23.5 Å². The van der Waals surface area contributed by atoms with Crippen LogP contribution >= 0.6 is 0 Å².